The molecule has 1 fully saturated rings. The third-order valence-corrected chi connectivity index (χ3v) is 4.18. The van der Waals surface area contributed by atoms with Crippen LogP contribution in [0.1, 0.15) is 5.56 Å². The summed E-state index contributed by atoms with van der Waals surface area (Å²) in [7, 11) is 5.18. The van der Waals surface area contributed by atoms with Gasteiger partial charge in [-0.1, -0.05) is 17.3 Å². The van der Waals surface area contributed by atoms with Crippen LogP contribution in [0.3, 0.4) is 0 Å². The molecule has 1 aliphatic heterocycles. The number of hydrogen-bond acceptors (Lipinski definition) is 6. The van der Waals surface area contributed by atoms with Gasteiger partial charge in [0.1, 0.15) is 5.71 Å². The topological polar surface area (TPSA) is 74.6 Å². The van der Waals surface area contributed by atoms with E-state index < -0.39 is 0 Å². The van der Waals surface area contributed by atoms with Crippen LogP contribution in [-0.4, -0.2) is 74.1 Å². The van der Waals surface area contributed by atoms with Gasteiger partial charge in [-0.2, -0.15) is 0 Å². The lowest BCUT2D eigenvalue weighted by Gasteiger charge is -2.31. The van der Waals surface area contributed by atoms with Gasteiger partial charge in [0.2, 0.25) is 5.91 Å². The Morgan fingerprint density at radius 3 is 2.38 bits per heavy atom. The Hall–Kier alpha value is -2.80. The van der Waals surface area contributed by atoms with E-state index in [4.69, 9.17) is 14.7 Å². The summed E-state index contributed by atoms with van der Waals surface area (Å²) >= 11 is 0. The zero-order valence-electron chi connectivity index (χ0n) is 15.4. The molecule has 0 aromatic heterocycles. The lowest BCUT2D eigenvalue weighted by Crippen LogP contribution is -2.46. The van der Waals surface area contributed by atoms with Crippen molar-refractivity contribution >= 4 is 17.7 Å². The van der Waals surface area contributed by atoms with Gasteiger partial charge in [0.05, 0.1) is 14.2 Å². The van der Waals surface area contributed by atoms with Crippen molar-refractivity contribution in [3.63, 3.8) is 0 Å². The number of carbonyl (C=O) groups excluding carboxylic acids is 1. The monoisotopic (exact) mass is 359 g/mol. The minimum atomic E-state index is -0.0845. The Morgan fingerprint density at radius 1 is 1.08 bits per heavy atom. The van der Waals surface area contributed by atoms with Crippen molar-refractivity contribution in [3.05, 3.63) is 42.0 Å². The van der Waals surface area contributed by atoms with Crippen LogP contribution >= 0.6 is 0 Å². The molecule has 140 valence electrons. The van der Waals surface area contributed by atoms with Crippen molar-refractivity contribution in [3.8, 4) is 11.5 Å². The fraction of sp³-hybridized carbons (Fsp3) is 0.368. The number of allylic oxidation sites excluding steroid dienone is 2. The fourth-order valence-corrected chi connectivity index (χ4v) is 2.55. The number of carbonyl (C=O) groups is 1. The summed E-state index contributed by atoms with van der Waals surface area (Å²) in [5.74, 6) is 1.16. The Bertz CT molecular complexity index is 705. The number of amides is 1. The molecular weight excluding hydrogens is 334 g/mol. The van der Waals surface area contributed by atoms with Crippen LogP contribution < -0.4 is 9.47 Å². The molecule has 1 N–H and O–H groups in total. The quantitative estimate of drug-likeness (QED) is 0.363. The van der Waals surface area contributed by atoms with Gasteiger partial charge in [-0.15, -0.1) is 0 Å². The third-order valence-electron chi connectivity index (χ3n) is 4.18. The minimum Gasteiger partial charge on any atom is -0.493 e. The second-order valence-corrected chi connectivity index (χ2v) is 5.93. The van der Waals surface area contributed by atoms with E-state index in [-0.39, 0.29) is 11.6 Å². The number of methoxy groups -OCH3 is 2. The van der Waals surface area contributed by atoms with E-state index in [0.29, 0.717) is 24.6 Å². The lowest BCUT2D eigenvalue weighted by atomic mass is 10.1. The van der Waals surface area contributed by atoms with Crippen LogP contribution in [0.25, 0.3) is 6.08 Å². The summed E-state index contributed by atoms with van der Waals surface area (Å²) in [4.78, 5) is 16.1. The number of likely N-dealkylation sites (N-methyl/N-ethyl adjacent to an activating group) is 1. The molecule has 0 atom stereocenters. The van der Waals surface area contributed by atoms with Crippen LogP contribution in [-0.2, 0) is 4.79 Å². The highest BCUT2D eigenvalue weighted by Gasteiger charge is 2.16. The number of rotatable bonds is 6. The predicted octanol–water partition coefficient (Wildman–Crippen LogP) is 1.88. The van der Waals surface area contributed by atoms with E-state index in [1.807, 2.05) is 19.2 Å². The molecule has 2 rings (SSSR count). The molecule has 0 bridgehead atoms. The smallest absolute Gasteiger partial charge is 0.246 e. The van der Waals surface area contributed by atoms with E-state index in [1.165, 1.54) is 12.2 Å². The second-order valence-electron chi connectivity index (χ2n) is 5.93. The Kier molecular flexibility index (Phi) is 7.23. The van der Waals surface area contributed by atoms with Gasteiger partial charge in [-0.3, -0.25) is 4.79 Å². The Morgan fingerprint density at radius 2 is 1.77 bits per heavy atom. The first-order chi connectivity index (χ1) is 12.6. The predicted molar refractivity (Wildman–Crippen MR) is 101 cm³/mol. The zero-order chi connectivity index (χ0) is 18.9. The van der Waals surface area contributed by atoms with Crippen molar-refractivity contribution in [1.29, 1.82) is 0 Å². The number of oxime groups is 1. The Balaban J connectivity index is 2.00. The normalized spacial score (nSPS) is 16.4. The van der Waals surface area contributed by atoms with E-state index in [2.05, 4.69) is 10.1 Å². The standard InChI is InChI=1S/C19H25N3O4/c1-21-10-12-22(13-11-21)19(23)9-7-16(20-24)6-4-15-5-8-17(25-2)18(14-15)26-3/h4-9,14,24H,10-13H2,1-3H3/b6-4+,9-7+,20-16+. The van der Waals surface area contributed by atoms with Gasteiger partial charge in [0.15, 0.2) is 11.5 Å². The maximum absolute atomic E-state index is 12.2. The summed E-state index contributed by atoms with van der Waals surface area (Å²) < 4.78 is 10.5. The maximum atomic E-state index is 12.2. The lowest BCUT2D eigenvalue weighted by molar-refractivity contribution is -0.127. The van der Waals surface area contributed by atoms with Gasteiger partial charge < -0.3 is 24.5 Å². The first-order valence-electron chi connectivity index (χ1n) is 8.35. The molecule has 0 saturated carbocycles. The maximum Gasteiger partial charge on any atom is 0.246 e. The molecule has 1 heterocycles. The van der Waals surface area contributed by atoms with Gasteiger partial charge >= 0.3 is 0 Å². The largest absolute Gasteiger partial charge is 0.493 e. The first kappa shape index (κ1) is 19.5. The van der Waals surface area contributed by atoms with E-state index in [9.17, 15) is 4.79 Å². The molecular formula is C19H25N3O4. The molecule has 1 aromatic rings. The highest BCUT2D eigenvalue weighted by molar-refractivity contribution is 6.08. The molecule has 1 aliphatic rings. The Labute approximate surface area is 153 Å². The highest BCUT2D eigenvalue weighted by Crippen LogP contribution is 2.27. The zero-order valence-corrected chi connectivity index (χ0v) is 15.4. The number of nitrogens with zero attached hydrogens (tertiary/aromatic N) is 3. The number of hydrogen-bond donors (Lipinski definition) is 1. The van der Waals surface area contributed by atoms with Crippen molar-refractivity contribution in [2.24, 2.45) is 5.16 Å². The van der Waals surface area contributed by atoms with Gasteiger partial charge in [0, 0.05) is 32.3 Å². The molecule has 0 spiro atoms. The van der Waals surface area contributed by atoms with Crippen LogP contribution in [0.15, 0.2) is 41.6 Å². The highest BCUT2D eigenvalue weighted by atomic mass is 16.5. The molecule has 0 radical (unpaired) electrons. The summed E-state index contributed by atoms with van der Waals surface area (Å²) in [5.41, 5.74) is 1.13. The summed E-state index contributed by atoms with van der Waals surface area (Å²) in [5, 5.41) is 12.4. The number of benzene rings is 1. The molecule has 0 unspecified atom stereocenters. The van der Waals surface area contributed by atoms with Crippen LogP contribution in [0, 0.1) is 0 Å². The van der Waals surface area contributed by atoms with Crippen molar-refractivity contribution in [2.45, 2.75) is 0 Å². The first-order valence-corrected chi connectivity index (χ1v) is 8.35. The van der Waals surface area contributed by atoms with Gasteiger partial charge in [0.25, 0.3) is 0 Å². The summed E-state index contributed by atoms with van der Waals surface area (Å²) in [6.45, 7) is 3.12. The molecule has 0 aliphatic carbocycles. The van der Waals surface area contributed by atoms with Gasteiger partial charge in [-0.05, 0) is 36.9 Å². The molecule has 1 saturated heterocycles. The van der Waals surface area contributed by atoms with Crippen molar-refractivity contribution < 1.29 is 19.5 Å². The minimum absolute atomic E-state index is 0.0845. The van der Waals surface area contributed by atoms with Gasteiger partial charge in [-0.25, -0.2) is 0 Å². The van der Waals surface area contributed by atoms with Crippen LogP contribution in [0.2, 0.25) is 0 Å². The van der Waals surface area contributed by atoms with E-state index in [0.717, 1.165) is 18.7 Å². The third kappa shape index (κ3) is 5.35. The fourth-order valence-electron chi connectivity index (χ4n) is 2.55. The number of piperazine rings is 1. The van der Waals surface area contributed by atoms with E-state index >= 15 is 0 Å². The molecule has 7 nitrogen and oxygen atoms in total. The molecule has 7 heteroatoms. The van der Waals surface area contributed by atoms with Crippen LogP contribution in [0.4, 0.5) is 0 Å². The van der Waals surface area contributed by atoms with Crippen LogP contribution in [0.5, 0.6) is 11.5 Å². The van der Waals surface area contributed by atoms with E-state index in [1.54, 1.807) is 37.3 Å². The SMILES string of the molecule is COc1ccc(/C=C/C(/C=C/C(=O)N2CCN(C)CC2)=N\O)cc1OC. The molecule has 1 aromatic carbocycles. The average Bonchev–Trinajstić information content (AvgIpc) is 2.68. The molecule has 26 heavy (non-hydrogen) atoms. The summed E-state index contributed by atoms with van der Waals surface area (Å²) in [6, 6.07) is 5.45. The second kappa shape index (κ2) is 9.62. The number of ether oxygens (including phenoxy) is 2. The molecule has 1 amide bonds. The average molecular weight is 359 g/mol. The summed E-state index contributed by atoms with van der Waals surface area (Å²) in [6.07, 6.45) is 6.31. The van der Waals surface area contributed by atoms with Crippen molar-refractivity contribution in [2.75, 3.05) is 47.4 Å². The van der Waals surface area contributed by atoms with Crippen molar-refractivity contribution in [1.82, 2.24) is 9.80 Å².